The Morgan fingerprint density at radius 2 is 2.17 bits per heavy atom. The number of carbonyl (C=O) groups is 2. The minimum Gasteiger partial charge on any atom is -0.334 e. The van der Waals surface area contributed by atoms with Gasteiger partial charge < -0.3 is 5.32 Å². The number of carbonyl (C=O) groups excluding carboxylic acids is 2. The first-order chi connectivity index (χ1) is 11.6. The average Bonchev–Trinajstić information content (AvgIpc) is 2.94. The number of aryl methyl sites for hydroxylation is 2. The van der Waals surface area contributed by atoms with Gasteiger partial charge in [0, 0.05) is 11.4 Å². The molecule has 0 radical (unpaired) electrons. The van der Waals surface area contributed by atoms with Crippen molar-refractivity contribution < 1.29 is 9.59 Å². The molecule has 7 nitrogen and oxygen atoms in total. The van der Waals surface area contributed by atoms with Crippen LogP contribution in [0.25, 0.3) is 10.2 Å². The number of nitrogens with zero attached hydrogens (tertiary/aromatic N) is 2. The normalized spacial score (nSPS) is 13.3. The van der Waals surface area contributed by atoms with Crippen molar-refractivity contribution >= 4 is 33.5 Å². The molecule has 0 bridgehead atoms. The van der Waals surface area contributed by atoms with Gasteiger partial charge in [-0.05, 0) is 31.2 Å². The van der Waals surface area contributed by atoms with Gasteiger partial charge in [-0.3, -0.25) is 19.5 Å². The lowest BCUT2D eigenvalue weighted by Gasteiger charge is -2.10. The Balaban J connectivity index is 1.81. The summed E-state index contributed by atoms with van der Waals surface area (Å²) in [5, 5.41) is 5.24. The maximum atomic E-state index is 12.7. The van der Waals surface area contributed by atoms with Crippen LogP contribution in [0.5, 0.6) is 0 Å². The molecule has 0 fully saturated rings. The van der Waals surface area contributed by atoms with Crippen molar-refractivity contribution in [1.82, 2.24) is 20.2 Å². The zero-order chi connectivity index (χ0) is 17.1. The van der Waals surface area contributed by atoms with Crippen molar-refractivity contribution in [2.75, 3.05) is 6.54 Å². The Kier molecular flexibility index (Phi) is 4.75. The molecule has 1 aliphatic carbocycles. The van der Waals surface area contributed by atoms with Crippen molar-refractivity contribution in [1.29, 1.82) is 0 Å². The van der Waals surface area contributed by atoms with E-state index in [-0.39, 0.29) is 18.6 Å². The number of hydrogen-bond acceptors (Lipinski definition) is 5. The van der Waals surface area contributed by atoms with Crippen molar-refractivity contribution in [3.05, 3.63) is 39.8 Å². The smallest absolute Gasteiger partial charge is 0.321 e. The molecule has 2 N–H and O–H groups in total. The summed E-state index contributed by atoms with van der Waals surface area (Å²) in [5.41, 5.74) is 0.860. The number of thiophene rings is 1. The van der Waals surface area contributed by atoms with Gasteiger partial charge in [-0.15, -0.1) is 17.9 Å². The van der Waals surface area contributed by atoms with E-state index >= 15 is 0 Å². The van der Waals surface area contributed by atoms with Crippen LogP contribution in [-0.2, 0) is 24.2 Å². The summed E-state index contributed by atoms with van der Waals surface area (Å²) in [7, 11) is 0. The zero-order valence-corrected chi connectivity index (χ0v) is 13.9. The van der Waals surface area contributed by atoms with Crippen LogP contribution in [0.2, 0.25) is 0 Å². The second-order valence-electron chi connectivity index (χ2n) is 5.62. The van der Waals surface area contributed by atoms with Gasteiger partial charge >= 0.3 is 6.03 Å². The molecule has 24 heavy (non-hydrogen) atoms. The van der Waals surface area contributed by atoms with E-state index in [1.807, 2.05) is 0 Å². The topological polar surface area (TPSA) is 93.1 Å². The summed E-state index contributed by atoms with van der Waals surface area (Å²) < 4.78 is 1.25. The first kappa shape index (κ1) is 16.4. The molecule has 3 rings (SSSR count). The van der Waals surface area contributed by atoms with Crippen LogP contribution < -0.4 is 16.2 Å². The van der Waals surface area contributed by atoms with Crippen LogP contribution >= 0.6 is 11.3 Å². The molecular formula is C16H18N4O3S. The molecule has 3 amide bonds. The lowest BCUT2D eigenvalue weighted by molar-refractivity contribution is -0.120. The third-order valence-corrected chi connectivity index (χ3v) is 5.12. The summed E-state index contributed by atoms with van der Waals surface area (Å²) in [4.78, 5) is 42.3. The Hall–Kier alpha value is -2.48. The molecule has 1 aliphatic rings. The molecule has 126 valence electrons. The van der Waals surface area contributed by atoms with Crippen molar-refractivity contribution in [2.45, 2.75) is 32.2 Å². The van der Waals surface area contributed by atoms with E-state index < -0.39 is 11.9 Å². The van der Waals surface area contributed by atoms with Crippen LogP contribution in [0.1, 0.15) is 23.3 Å². The monoisotopic (exact) mass is 346 g/mol. The summed E-state index contributed by atoms with van der Waals surface area (Å²) in [6.07, 6.45) is 6.94. The number of nitrogens with one attached hydrogen (secondary N) is 2. The van der Waals surface area contributed by atoms with E-state index in [9.17, 15) is 14.4 Å². The average molecular weight is 346 g/mol. The quantitative estimate of drug-likeness (QED) is 0.817. The molecule has 2 heterocycles. The number of urea groups is 1. The summed E-state index contributed by atoms with van der Waals surface area (Å²) in [6.45, 7) is 3.49. The molecule has 0 spiro atoms. The summed E-state index contributed by atoms with van der Waals surface area (Å²) in [6, 6.07) is -0.616. The highest BCUT2D eigenvalue weighted by atomic mass is 32.1. The summed E-state index contributed by atoms with van der Waals surface area (Å²) >= 11 is 1.56. The van der Waals surface area contributed by atoms with Gasteiger partial charge in [0.1, 0.15) is 11.4 Å². The molecule has 0 aliphatic heterocycles. The first-order valence-corrected chi connectivity index (χ1v) is 8.60. The van der Waals surface area contributed by atoms with Gasteiger partial charge in [-0.1, -0.05) is 6.08 Å². The summed E-state index contributed by atoms with van der Waals surface area (Å²) in [5.74, 6) is -0.566. The molecule has 2 aromatic heterocycles. The lowest BCUT2D eigenvalue weighted by atomic mass is 9.97. The van der Waals surface area contributed by atoms with Gasteiger partial charge in [0.25, 0.3) is 5.56 Å². The Bertz CT molecular complexity index is 868. The maximum absolute atomic E-state index is 12.7. The lowest BCUT2D eigenvalue weighted by Crippen LogP contribution is -2.42. The van der Waals surface area contributed by atoms with E-state index in [4.69, 9.17) is 0 Å². The number of amides is 3. The predicted octanol–water partition coefficient (Wildman–Crippen LogP) is 1.35. The standard InChI is InChI=1S/C16H18N4O3S/c1-2-7-17-16(23)19-12(21)8-20-9-18-14-13(15(20)22)10-5-3-4-6-11(10)24-14/h2,9H,1,3-8H2,(H2,17,19,21,23). The highest BCUT2D eigenvalue weighted by Crippen LogP contribution is 2.33. The number of fused-ring (bicyclic) bond motifs is 3. The maximum Gasteiger partial charge on any atom is 0.321 e. The molecule has 0 aromatic carbocycles. The SMILES string of the molecule is C=CCNC(=O)NC(=O)Cn1cnc2sc3c(c2c1=O)CCCC3. The predicted molar refractivity (Wildman–Crippen MR) is 92.3 cm³/mol. The number of aromatic nitrogens is 2. The highest BCUT2D eigenvalue weighted by Gasteiger charge is 2.20. The minimum atomic E-state index is -0.616. The van der Waals surface area contributed by atoms with Gasteiger partial charge in [0.05, 0.1) is 11.7 Å². The van der Waals surface area contributed by atoms with E-state index in [0.29, 0.717) is 5.39 Å². The number of rotatable bonds is 4. The van der Waals surface area contributed by atoms with E-state index in [1.165, 1.54) is 21.8 Å². The van der Waals surface area contributed by atoms with Crippen LogP contribution in [0, 0.1) is 0 Å². The molecule has 0 saturated heterocycles. The fraction of sp³-hybridized carbons (Fsp3) is 0.375. The van der Waals surface area contributed by atoms with Crippen molar-refractivity contribution in [3.63, 3.8) is 0 Å². The Morgan fingerprint density at radius 1 is 1.38 bits per heavy atom. The van der Waals surface area contributed by atoms with Crippen molar-refractivity contribution in [3.8, 4) is 0 Å². The first-order valence-electron chi connectivity index (χ1n) is 7.78. The van der Waals surface area contributed by atoms with Crippen LogP contribution in [0.4, 0.5) is 4.79 Å². The van der Waals surface area contributed by atoms with Crippen LogP contribution in [0.3, 0.4) is 0 Å². The van der Waals surface area contributed by atoms with E-state index in [0.717, 1.165) is 36.1 Å². The van der Waals surface area contributed by atoms with E-state index in [1.54, 1.807) is 11.3 Å². The second kappa shape index (κ2) is 6.96. The van der Waals surface area contributed by atoms with Crippen LogP contribution in [0.15, 0.2) is 23.8 Å². The third kappa shape index (κ3) is 3.23. The number of imide groups is 1. The Labute approximate surface area is 142 Å². The molecule has 2 aromatic rings. The Morgan fingerprint density at radius 3 is 2.96 bits per heavy atom. The van der Waals surface area contributed by atoms with Gasteiger partial charge in [0.15, 0.2) is 0 Å². The van der Waals surface area contributed by atoms with E-state index in [2.05, 4.69) is 22.2 Å². The fourth-order valence-corrected chi connectivity index (χ4v) is 4.04. The molecule has 0 saturated carbocycles. The third-order valence-electron chi connectivity index (χ3n) is 3.92. The molecule has 8 heteroatoms. The molecule has 0 unspecified atom stereocenters. The second-order valence-corrected chi connectivity index (χ2v) is 6.70. The zero-order valence-electron chi connectivity index (χ0n) is 13.1. The van der Waals surface area contributed by atoms with Crippen molar-refractivity contribution in [2.24, 2.45) is 0 Å². The van der Waals surface area contributed by atoms with Gasteiger partial charge in [0.2, 0.25) is 5.91 Å². The van der Waals surface area contributed by atoms with Crippen LogP contribution in [-0.4, -0.2) is 28.0 Å². The number of hydrogen-bond donors (Lipinski definition) is 2. The van der Waals surface area contributed by atoms with Gasteiger partial charge in [-0.2, -0.15) is 0 Å². The van der Waals surface area contributed by atoms with Gasteiger partial charge in [-0.25, -0.2) is 9.78 Å². The molecule has 0 atom stereocenters. The fourth-order valence-electron chi connectivity index (χ4n) is 2.82. The molecular weight excluding hydrogens is 328 g/mol. The highest BCUT2D eigenvalue weighted by molar-refractivity contribution is 7.18. The largest absolute Gasteiger partial charge is 0.334 e. The minimum absolute atomic E-state index is 0.221.